The summed E-state index contributed by atoms with van der Waals surface area (Å²) in [7, 11) is 1.67. The number of methoxy groups -OCH3 is 1. The molecule has 0 saturated heterocycles. The number of amides is 1. The van der Waals surface area contributed by atoms with Gasteiger partial charge >= 0.3 is 0 Å². The van der Waals surface area contributed by atoms with E-state index in [1.807, 2.05) is 6.92 Å². The van der Waals surface area contributed by atoms with Gasteiger partial charge in [-0.3, -0.25) is 4.79 Å². The highest BCUT2D eigenvalue weighted by molar-refractivity contribution is 5.86. The van der Waals surface area contributed by atoms with Gasteiger partial charge < -0.3 is 15.8 Å². The predicted molar refractivity (Wildman–Crippen MR) is 71.3 cm³/mol. The largest absolute Gasteiger partial charge is 0.384 e. The smallest absolute Gasteiger partial charge is 0.240 e. The van der Waals surface area contributed by atoms with Crippen LogP contribution < -0.4 is 11.1 Å². The van der Waals surface area contributed by atoms with Gasteiger partial charge in [0.1, 0.15) is 0 Å². The van der Waals surface area contributed by atoms with Gasteiger partial charge in [-0.1, -0.05) is 26.2 Å². The molecule has 0 heterocycles. The number of ether oxygens (including phenoxy) is 1. The number of carbonyl (C=O) groups excluding carboxylic acids is 1. The molecule has 0 aromatic heterocycles. The molecule has 0 aliphatic heterocycles. The first-order chi connectivity index (χ1) is 7.58. The maximum absolute atomic E-state index is 12.0. The molecular weight excluding hydrogens is 240 g/mol. The molecule has 0 spiro atoms. The zero-order valence-corrected chi connectivity index (χ0v) is 11.6. The fraction of sp³-hybridized carbons (Fsp3) is 0.917. The van der Waals surface area contributed by atoms with Gasteiger partial charge in [-0.15, -0.1) is 12.4 Å². The van der Waals surface area contributed by atoms with Crippen molar-refractivity contribution >= 4 is 18.3 Å². The molecule has 17 heavy (non-hydrogen) atoms. The highest BCUT2D eigenvalue weighted by Gasteiger charge is 2.34. The van der Waals surface area contributed by atoms with Crippen molar-refractivity contribution in [3.8, 4) is 0 Å². The van der Waals surface area contributed by atoms with Crippen LogP contribution in [0.1, 0.15) is 39.0 Å². The molecule has 4 nitrogen and oxygen atoms in total. The lowest BCUT2D eigenvalue weighted by Gasteiger charge is -2.32. The molecule has 0 radical (unpaired) electrons. The Morgan fingerprint density at radius 1 is 1.41 bits per heavy atom. The summed E-state index contributed by atoms with van der Waals surface area (Å²) in [5.41, 5.74) is 5.50. The Morgan fingerprint density at radius 2 is 2.00 bits per heavy atom. The van der Waals surface area contributed by atoms with Crippen molar-refractivity contribution in [3.05, 3.63) is 0 Å². The lowest BCUT2D eigenvalue weighted by molar-refractivity contribution is -0.127. The second-order valence-corrected chi connectivity index (χ2v) is 4.99. The Kier molecular flexibility index (Phi) is 7.75. The monoisotopic (exact) mass is 264 g/mol. The van der Waals surface area contributed by atoms with Gasteiger partial charge in [-0.05, 0) is 18.8 Å². The molecule has 0 aromatic rings. The normalized spacial score (nSPS) is 20.2. The van der Waals surface area contributed by atoms with Gasteiger partial charge in [-0.2, -0.15) is 0 Å². The third-order valence-corrected chi connectivity index (χ3v) is 3.26. The Hall–Kier alpha value is -0.320. The summed E-state index contributed by atoms with van der Waals surface area (Å²) in [6.45, 7) is 3.36. The Balaban J connectivity index is 0.00000256. The fourth-order valence-electron chi connectivity index (χ4n) is 2.20. The quantitative estimate of drug-likeness (QED) is 0.790. The van der Waals surface area contributed by atoms with Crippen LogP contribution in [0.4, 0.5) is 0 Å². The number of hydrogen-bond donors (Lipinski definition) is 2. The van der Waals surface area contributed by atoms with Crippen molar-refractivity contribution in [1.29, 1.82) is 0 Å². The highest BCUT2D eigenvalue weighted by Crippen LogP contribution is 2.25. The second kappa shape index (κ2) is 7.90. The number of halogens is 1. The molecule has 1 unspecified atom stereocenters. The first kappa shape index (κ1) is 16.7. The lowest BCUT2D eigenvalue weighted by Crippen LogP contribution is -2.55. The van der Waals surface area contributed by atoms with E-state index >= 15 is 0 Å². The molecule has 0 bridgehead atoms. The first-order valence-electron chi connectivity index (χ1n) is 6.14. The number of hydrogen-bond acceptors (Lipinski definition) is 3. The van der Waals surface area contributed by atoms with Crippen molar-refractivity contribution in [2.24, 2.45) is 11.7 Å². The van der Waals surface area contributed by atoms with Crippen molar-refractivity contribution in [1.82, 2.24) is 5.32 Å². The van der Waals surface area contributed by atoms with Crippen LogP contribution in [0.2, 0.25) is 0 Å². The van der Waals surface area contributed by atoms with Gasteiger partial charge in [0.25, 0.3) is 0 Å². The van der Waals surface area contributed by atoms with E-state index in [0.29, 0.717) is 19.1 Å². The average molecular weight is 265 g/mol. The molecule has 5 heteroatoms. The number of rotatable bonds is 5. The van der Waals surface area contributed by atoms with E-state index in [9.17, 15) is 4.79 Å². The standard InChI is InChI=1S/C12H24N2O2.ClH/c1-10(9-16-2)8-14-11(15)12(13)6-4-3-5-7-12;/h10H,3-9,13H2,1-2H3,(H,14,15);1H. The number of nitrogens with two attached hydrogens (primary N) is 1. The van der Waals surface area contributed by atoms with Crippen molar-refractivity contribution in [3.63, 3.8) is 0 Å². The average Bonchev–Trinajstić information content (AvgIpc) is 2.27. The number of carbonyl (C=O) groups is 1. The minimum Gasteiger partial charge on any atom is -0.384 e. The minimum absolute atomic E-state index is 0. The van der Waals surface area contributed by atoms with Gasteiger partial charge in [0.15, 0.2) is 0 Å². The van der Waals surface area contributed by atoms with Crippen molar-refractivity contribution < 1.29 is 9.53 Å². The summed E-state index contributed by atoms with van der Waals surface area (Å²) >= 11 is 0. The third kappa shape index (κ3) is 5.23. The van der Waals surface area contributed by atoms with Crippen LogP contribution in [0.5, 0.6) is 0 Å². The van der Waals surface area contributed by atoms with E-state index in [-0.39, 0.29) is 18.3 Å². The second-order valence-electron chi connectivity index (χ2n) is 4.99. The maximum atomic E-state index is 12.0. The molecule has 1 rings (SSSR count). The van der Waals surface area contributed by atoms with Crippen LogP contribution in [0.3, 0.4) is 0 Å². The molecule has 1 fully saturated rings. The molecule has 1 atom stereocenters. The fourth-order valence-corrected chi connectivity index (χ4v) is 2.20. The van der Waals surface area contributed by atoms with E-state index in [2.05, 4.69) is 5.32 Å². The molecule has 0 aromatic carbocycles. The molecule has 1 aliphatic rings. The molecule has 1 aliphatic carbocycles. The number of nitrogens with one attached hydrogen (secondary N) is 1. The minimum atomic E-state index is -0.620. The van der Waals surface area contributed by atoms with Crippen LogP contribution >= 0.6 is 12.4 Å². The summed E-state index contributed by atoms with van der Waals surface area (Å²) in [5.74, 6) is 0.344. The summed E-state index contributed by atoms with van der Waals surface area (Å²) in [6.07, 6.45) is 4.97. The van der Waals surface area contributed by atoms with Crippen LogP contribution in [0.25, 0.3) is 0 Å². The maximum Gasteiger partial charge on any atom is 0.240 e. The van der Waals surface area contributed by atoms with Gasteiger partial charge in [0.2, 0.25) is 5.91 Å². The van der Waals surface area contributed by atoms with Gasteiger partial charge in [0.05, 0.1) is 12.1 Å². The van der Waals surface area contributed by atoms with E-state index in [0.717, 1.165) is 25.7 Å². The van der Waals surface area contributed by atoms with Crippen LogP contribution in [-0.4, -0.2) is 31.7 Å². The third-order valence-electron chi connectivity index (χ3n) is 3.26. The molecule has 1 amide bonds. The summed E-state index contributed by atoms with van der Waals surface area (Å²) < 4.78 is 5.02. The topological polar surface area (TPSA) is 64.3 Å². The Morgan fingerprint density at radius 3 is 2.53 bits per heavy atom. The van der Waals surface area contributed by atoms with Gasteiger partial charge in [0, 0.05) is 13.7 Å². The summed E-state index contributed by atoms with van der Waals surface area (Å²) in [6, 6.07) is 0. The predicted octanol–water partition coefficient (Wildman–Crippen LogP) is 1.47. The van der Waals surface area contributed by atoms with E-state index in [1.54, 1.807) is 7.11 Å². The van der Waals surface area contributed by atoms with Crippen LogP contribution in [-0.2, 0) is 9.53 Å². The van der Waals surface area contributed by atoms with Crippen LogP contribution in [0.15, 0.2) is 0 Å². The van der Waals surface area contributed by atoms with E-state index in [4.69, 9.17) is 10.5 Å². The van der Waals surface area contributed by atoms with Gasteiger partial charge in [-0.25, -0.2) is 0 Å². The van der Waals surface area contributed by atoms with Crippen molar-refractivity contribution in [2.75, 3.05) is 20.3 Å². The molecule has 3 N–H and O–H groups in total. The van der Waals surface area contributed by atoms with Crippen LogP contribution in [0, 0.1) is 5.92 Å². The molecule has 1 saturated carbocycles. The molecular formula is C12H25ClN2O2. The lowest BCUT2D eigenvalue weighted by atomic mass is 9.82. The zero-order chi connectivity index (χ0) is 12.0. The highest BCUT2D eigenvalue weighted by atomic mass is 35.5. The summed E-state index contributed by atoms with van der Waals surface area (Å²) in [5, 5.41) is 2.93. The Labute approximate surface area is 110 Å². The van der Waals surface area contributed by atoms with E-state index < -0.39 is 5.54 Å². The Bertz CT molecular complexity index is 231. The molecule has 102 valence electrons. The zero-order valence-electron chi connectivity index (χ0n) is 10.8. The first-order valence-corrected chi connectivity index (χ1v) is 6.14. The van der Waals surface area contributed by atoms with E-state index in [1.165, 1.54) is 6.42 Å². The SMILES string of the molecule is COCC(C)CNC(=O)C1(N)CCCCC1.Cl. The summed E-state index contributed by atoms with van der Waals surface area (Å²) in [4.78, 5) is 12.0. The van der Waals surface area contributed by atoms with Crippen molar-refractivity contribution in [2.45, 2.75) is 44.6 Å².